The van der Waals surface area contributed by atoms with Crippen LogP contribution < -0.4 is 25.8 Å². The van der Waals surface area contributed by atoms with Gasteiger partial charge in [-0.1, -0.05) is 12.1 Å². The largest absolute Gasteiger partial charge is 0.371 e. The Morgan fingerprint density at radius 2 is 1.62 bits per heavy atom. The number of aromatic nitrogens is 3. The van der Waals surface area contributed by atoms with E-state index in [1.807, 2.05) is 6.07 Å². The first-order chi connectivity index (χ1) is 25.9. The molecule has 0 radical (unpaired) electrons. The van der Waals surface area contributed by atoms with Crippen molar-refractivity contribution in [1.82, 2.24) is 30.3 Å². The van der Waals surface area contributed by atoms with Gasteiger partial charge in [-0.2, -0.15) is 4.98 Å². The molecule has 0 aliphatic carbocycles. The zero-order valence-electron chi connectivity index (χ0n) is 30.1. The van der Waals surface area contributed by atoms with E-state index in [-0.39, 0.29) is 24.1 Å². The van der Waals surface area contributed by atoms with Gasteiger partial charge in [0.15, 0.2) is 11.6 Å². The van der Waals surface area contributed by atoms with E-state index in [1.165, 1.54) is 17.7 Å². The Morgan fingerprint density at radius 1 is 0.811 bits per heavy atom. The smallest absolute Gasteiger partial charge is 0.254 e. The number of anilines is 5. The van der Waals surface area contributed by atoms with Crippen LogP contribution in [0.1, 0.15) is 78.8 Å². The zero-order chi connectivity index (χ0) is 36.3. The minimum atomic E-state index is -0.575. The Kier molecular flexibility index (Phi) is 10.2. The Morgan fingerprint density at radius 3 is 2.40 bits per heavy atom. The van der Waals surface area contributed by atoms with Crippen LogP contribution in [0.2, 0.25) is 0 Å². The SMILES string of the molecule is O=CNc1nnc(N2CCCCC2)nc1Nc1ccc(C2CCN(CC3CCN(c4ccc5c(c4)CCN(C4CCC(=O)NC4=O)C5=O)C3)CC2)cc1. The number of hydrogen-bond acceptors (Lipinski definition) is 11. The molecule has 5 aliphatic rings. The molecule has 6 heterocycles. The molecule has 1 aromatic heterocycles. The fraction of sp³-hybridized carbons (Fsp3) is 0.513. The summed E-state index contributed by atoms with van der Waals surface area (Å²) in [5.74, 6) is 1.73. The quantitative estimate of drug-likeness (QED) is 0.208. The number of hydrogen-bond donors (Lipinski definition) is 3. The molecule has 4 amide bonds. The minimum absolute atomic E-state index is 0.119. The van der Waals surface area contributed by atoms with E-state index in [1.54, 1.807) is 4.90 Å². The topological polar surface area (TPSA) is 156 Å². The van der Waals surface area contributed by atoms with E-state index >= 15 is 0 Å². The van der Waals surface area contributed by atoms with Gasteiger partial charge in [0.05, 0.1) is 0 Å². The van der Waals surface area contributed by atoms with E-state index in [9.17, 15) is 19.2 Å². The predicted octanol–water partition coefficient (Wildman–Crippen LogP) is 3.68. The fourth-order valence-electron chi connectivity index (χ4n) is 8.76. The molecular formula is C39H48N10O4. The van der Waals surface area contributed by atoms with Crippen LogP contribution in [0.5, 0.6) is 0 Å². The highest BCUT2D eigenvalue weighted by molar-refractivity contribution is 6.04. The summed E-state index contributed by atoms with van der Waals surface area (Å²) in [6.45, 7) is 7.58. The van der Waals surface area contributed by atoms with Gasteiger partial charge in [0.1, 0.15) is 6.04 Å². The minimum Gasteiger partial charge on any atom is -0.371 e. The highest BCUT2D eigenvalue weighted by Crippen LogP contribution is 2.33. The Balaban J connectivity index is 0.818. The number of rotatable bonds is 10. The first kappa shape index (κ1) is 34.9. The van der Waals surface area contributed by atoms with E-state index in [2.05, 4.69) is 77.2 Å². The van der Waals surface area contributed by atoms with Gasteiger partial charge in [-0.15, -0.1) is 10.2 Å². The van der Waals surface area contributed by atoms with Gasteiger partial charge in [-0.25, -0.2) is 0 Å². The van der Waals surface area contributed by atoms with Gasteiger partial charge < -0.3 is 30.2 Å². The van der Waals surface area contributed by atoms with Crippen molar-refractivity contribution in [2.75, 3.05) is 72.8 Å². The lowest BCUT2D eigenvalue weighted by molar-refractivity contribution is -0.137. The molecule has 14 heteroatoms. The third-order valence-electron chi connectivity index (χ3n) is 11.7. The molecule has 0 saturated carbocycles. The van der Waals surface area contributed by atoms with Crippen LogP contribution in [0.25, 0.3) is 0 Å². The van der Waals surface area contributed by atoms with Gasteiger partial charge in [-0.3, -0.25) is 24.5 Å². The molecule has 2 atom stereocenters. The maximum atomic E-state index is 13.4. The van der Waals surface area contributed by atoms with Crippen molar-refractivity contribution in [1.29, 1.82) is 0 Å². The molecule has 3 aromatic rings. The van der Waals surface area contributed by atoms with Crippen LogP contribution in [-0.4, -0.2) is 108 Å². The third-order valence-corrected chi connectivity index (χ3v) is 11.7. The average molecular weight is 721 g/mol. The maximum Gasteiger partial charge on any atom is 0.254 e. The lowest BCUT2D eigenvalue weighted by Crippen LogP contribution is -2.55. The summed E-state index contributed by atoms with van der Waals surface area (Å²) in [5.41, 5.74) is 5.10. The van der Waals surface area contributed by atoms with Crippen molar-refractivity contribution in [2.45, 2.75) is 69.7 Å². The number of piperidine rings is 3. The number of likely N-dealkylation sites (tertiary alicyclic amines) is 1. The first-order valence-corrected chi connectivity index (χ1v) is 19.2. The molecule has 8 rings (SSSR count). The van der Waals surface area contributed by atoms with Crippen LogP contribution in [-0.2, 0) is 20.8 Å². The van der Waals surface area contributed by atoms with Crippen molar-refractivity contribution in [2.24, 2.45) is 5.92 Å². The molecule has 2 aromatic carbocycles. The number of nitrogens with one attached hydrogen (secondary N) is 3. The molecule has 14 nitrogen and oxygen atoms in total. The second-order valence-electron chi connectivity index (χ2n) is 15.1. The highest BCUT2D eigenvalue weighted by atomic mass is 16.2. The molecule has 0 bridgehead atoms. The molecule has 0 spiro atoms. The van der Waals surface area contributed by atoms with E-state index in [4.69, 9.17) is 4.98 Å². The summed E-state index contributed by atoms with van der Waals surface area (Å²) >= 11 is 0. The Bertz CT molecular complexity index is 1840. The number of fused-ring (bicyclic) bond motifs is 1. The number of carbonyl (C=O) groups excluding carboxylic acids is 4. The van der Waals surface area contributed by atoms with Gasteiger partial charge in [-0.05, 0) is 118 Å². The number of benzene rings is 2. The van der Waals surface area contributed by atoms with Gasteiger partial charge >= 0.3 is 0 Å². The molecule has 4 fully saturated rings. The summed E-state index contributed by atoms with van der Waals surface area (Å²) in [7, 11) is 0. The van der Waals surface area contributed by atoms with Crippen LogP contribution in [0, 0.1) is 5.92 Å². The summed E-state index contributed by atoms with van der Waals surface area (Å²) in [5, 5.41) is 16.8. The second kappa shape index (κ2) is 15.5. The fourth-order valence-corrected chi connectivity index (χ4v) is 8.76. The summed E-state index contributed by atoms with van der Waals surface area (Å²) < 4.78 is 0. The van der Waals surface area contributed by atoms with Crippen molar-refractivity contribution in [3.8, 4) is 0 Å². The van der Waals surface area contributed by atoms with Crippen molar-refractivity contribution < 1.29 is 19.2 Å². The summed E-state index contributed by atoms with van der Waals surface area (Å²) in [6, 6.07) is 14.1. The van der Waals surface area contributed by atoms with Gasteiger partial charge in [0.2, 0.25) is 24.2 Å². The number of nitrogens with zero attached hydrogens (tertiary/aromatic N) is 7. The highest BCUT2D eigenvalue weighted by Gasteiger charge is 2.37. The lowest BCUT2D eigenvalue weighted by Gasteiger charge is -2.36. The lowest BCUT2D eigenvalue weighted by atomic mass is 9.89. The molecule has 278 valence electrons. The van der Waals surface area contributed by atoms with E-state index < -0.39 is 6.04 Å². The number of amides is 4. The van der Waals surface area contributed by atoms with Crippen molar-refractivity contribution in [3.05, 3.63) is 59.2 Å². The second-order valence-corrected chi connectivity index (χ2v) is 15.1. The number of imide groups is 1. The first-order valence-electron chi connectivity index (χ1n) is 19.2. The maximum absolute atomic E-state index is 13.4. The average Bonchev–Trinajstić information content (AvgIpc) is 3.65. The zero-order valence-corrected chi connectivity index (χ0v) is 30.1. The number of carbonyl (C=O) groups is 4. The molecule has 5 aliphatic heterocycles. The molecule has 2 unspecified atom stereocenters. The van der Waals surface area contributed by atoms with Crippen molar-refractivity contribution >= 4 is 53.1 Å². The van der Waals surface area contributed by atoms with E-state index in [0.717, 1.165) is 89.2 Å². The van der Waals surface area contributed by atoms with Crippen LogP contribution >= 0.6 is 0 Å². The molecule has 3 N–H and O–H groups in total. The normalized spacial score (nSPS) is 22.8. The Labute approximate surface area is 309 Å². The summed E-state index contributed by atoms with van der Waals surface area (Å²) in [4.78, 5) is 62.2. The van der Waals surface area contributed by atoms with E-state index in [0.29, 0.717) is 60.8 Å². The summed E-state index contributed by atoms with van der Waals surface area (Å²) in [6.07, 6.45) is 8.78. The van der Waals surface area contributed by atoms with Crippen LogP contribution in [0.15, 0.2) is 42.5 Å². The standard InChI is InChI=1S/C39H48N10O4/c50-25-40-35-36(43-39(45-44-35)47-16-2-1-3-17-47)41-30-6-4-27(5-7-30)28-13-18-46(19-14-28)23-26-12-20-48(24-26)31-8-9-32-29(22-31)15-21-49(38(32)53)33-10-11-34(51)42-37(33)52/h4-9,22,25-26,28,33H,1-3,10-21,23-24H2,(H,40,44,50)(H,41,43,45)(H,42,51,52). The van der Waals surface area contributed by atoms with Gasteiger partial charge in [0, 0.05) is 62.6 Å². The molecule has 53 heavy (non-hydrogen) atoms. The van der Waals surface area contributed by atoms with Crippen LogP contribution in [0.3, 0.4) is 0 Å². The van der Waals surface area contributed by atoms with Gasteiger partial charge in [0.25, 0.3) is 5.91 Å². The molecule has 4 saturated heterocycles. The molecular weight excluding hydrogens is 672 g/mol. The predicted molar refractivity (Wildman–Crippen MR) is 201 cm³/mol. The van der Waals surface area contributed by atoms with Crippen molar-refractivity contribution in [3.63, 3.8) is 0 Å². The van der Waals surface area contributed by atoms with Crippen LogP contribution in [0.4, 0.5) is 29.0 Å². The Hall–Kier alpha value is -5.11. The third kappa shape index (κ3) is 7.68. The monoisotopic (exact) mass is 720 g/mol.